The molecule has 2 aromatic carbocycles. The van der Waals surface area contributed by atoms with Crippen LogP contribution >= 0.6 is 11.6 Å². The van der Waals surface area contributed by atoms with E-state index in [2.05, 4.69) is 10.6 Å². The number of likely N-dealkylation sites (tertiary alicyclic amines) is 1. The number of nitrogens with zero attached hydrogens (tertiary/aromatic N) is 1. The number of carbonyl (C=O) groups is 3. The van der Waals surface area contributed by atoms with Crippen molar-refractivity contribution in [3.05, 3.63) is 75.1 Å². The van der Waals surface area contributed by atoms with Crippen molar-refractivity contribution in [1.29, 1.82) is 0 Å². The van der Waals surface area contributed by atoms with Crippen molar-refractivity contribution < 1.29 is 27.2 Å². The molecule has 0 unspecified atom stereocenters. The first-order chi connectivity index (χ1) is 22.6. The molecule has 2 fully saturated rings. The molecule has 3 aromatic rings. The van der Waals surface area contributed by atoms with Gasteiger partial charge >= 0.3 is 0 Å². The number of nitrogens with one attached hydrogen (secondary N) is 2. The number of sulfone groups is 1. The quantitative estimate of drug-likeness (QED) is 0.326. The van der Waals surface area contributed by atoms with Gasteiger partial charge in [0.25, 0.3) is 5.91 Å². The number of halogens is 1. The molecule has 0 radical (unpaired) electrons. The topological polar surface area (TPSA) is 143 Å². The molecule has 1 aromatic heterocycles. The lowest BCUT2D eigenvalue weighted by Gasteiger charge is -2.48. The summed E-state index contributed by atoms with van der Waals surface area (Å²) in [6.07, 6.45) is 7.60. The van der Waals surface area contributed by atoms with Crippen LogP contribution in [0.1, 0.15) is 81.8 Å². The Morgan fingerprint density at radius 2 is 1.65 bits per heavy atom. The Hall–Kier alpha value is -3.70. The van der Waals surface area contributed by atoms with Gasteiger partial charge in [0.05, 0.1) is 15.7 Å². The normalized spacial score (nSPS) is 17.9. The second kappa shape index (κ2) is 14.0. The van der Waals surface area contributed by atoms with E-state index in [0.29, 0.717) is 31.0 Å². The number of carbonyl (C=O) groups excluding carboxylic acids is 3. The molecule has 1 atom stereocenters. The zero-order valence-electron chi connectivity index (χ0n) is 27.9. The minimum absolute atomic E-state index is 0.0218. The van der Waals surface area contributed by atoms with E-state index < -0.39 is 32.6 Å². The lowest BCUT2D eigenvalue weighted by Crippen LogP contribution is -2.59. The van der Waals surface area contributed by atoms with Gasteiger partial charge in [-0.25, -0.2) is 8.42 Å². The summed E-state index contributed by atoms with van der Waals surface area (Å²) in [5.74, 6) is -1.06. The van der Waals surface area contributed by atoms with Crippen molar-refractivity contribution in [2.24, 2.45) is 11.3 Å². The Labute approximate surface area is 286 Å². The average molecular weight is 698 g/mol. The summed E-state index contributed by atoms with van der Waals surface area (Å²) in [5.41, 5.74) is -0.719. The van der Waals surface area contributed by atoms with Gasteiger partial charge in [-0.05, 0) is 88.3 Å². The van der Waals surface area contributed by atoms with Gasteiger partial charge in [-0.3, -0.25) is 19.2 Å². The van der Waals surface area contributed by atoms with Crippen LogP contribution in [0, 0.1) is 11.3 Å². The first-order valence-corrected chi connectivity index (χ1v) is 18.8. The van der Waals surface area contributed by atoms with E-state index in [9.17, 15) is 27.6 Å². The Morgan fingerprint density at radius 1 is 1.00 bits per heavy atom. The highest BCUT2D eigenvalue weighted by molar-refractivity contribution is 7.90. The van der Waals surface area contributed by atoms with E-state index in [0.717, 1.165) is 43.6 Å². The van der Waals surface area contributed by atoms with E-state index in [1.165, 1.54) is 24.6 Å². The third-order valence-corrected chi connectivity index (χ3v) is 11.0. The largest absolute Gasteiger partial charge is 0.451 e. The number of hydrogen-bond acceptors (Lipinski definition) is 7. The van der Waals surface area contributed by atoms with Crippen LogP contribution in [0.15, 0.2) is 62.6 Å². The van der Waals surface area contributed by atoms with E-state index in [1.807, 2.05) is 20.8 Å². The van der Waals surface area contributed by atoms with Crippen molar-refractivity contribution in [2.75, 3.05) is 19.3 Å². The zero-order chi connectivity index (χ0) is 34.9. The van der Waals surface area contributed by atoms with E-state index >= 15 is 0 Å². The molecule has 2 heterocycles. The highest BCUT2D eigenvalue weighted by Gasteiger charge is 2.49. The summed E-state index contributed by atoms with van der Waals surface area (Å²) in [4.78, 5) is 56.2. The number of hydrogen-bond donors (Lipinski definition) is 2. The standard InChI is InChI=1S/C36H44ClN3O7S/c1-35(2,3)39-34(44)36(24-8-6-5-7-9-24)16-18-40(19-17-36)33(43)28(20-23-10-12-25(37)13-11-23)38-32(42)31-22-29(41)27-21-26(48(4,45)46)14-15-30(27)47-31/h10-15,21-22,24,28H,5-9,16-20H2,1-4H3,(H,38,42)(H,39,44)/t28-/m1/s1. The first kappa shape index (κ1) is 35.6. The Balaban J connectivity index is 1.39. The minimum atomic E-state index is -3.57. The lowest BCUT2D eigenvalue weighted by atomic mass is 9.63. The third-order valence-electron chi connectivity index (χ3n) is 9.60. The molecule has 1 saturated heterocycles. The SMILES string of the molecule is CC(C)(C)NC(=O)C1(C2CCCCC2)CCN(C(=O)[C@@H](Cc2ccc(Cl)cc2)NC(=O)c2cc(=O)c3cc(S(C)(=O)=O)ccc3o2)CC1. The molecule has 0 spiro atoms. The molecular formula is C36H44ClN3O7S. The molecular weight excluding hydrogens is 654 g/mol. The van der Waals surface area contributed by atoms with E-state index in [-0.39, 0.29) is 51.3 Å². The molecule has 2 N–H and O–H groups in total. The van der Waals surface area contributed by atoms with Crippen molar-refractivity contribution in [1.82, 2.24) is 15.5 Å². The van der Waals surface area contributed by atoms with Crippen LogP contribution in [0.25, 0.3) is 11.0 Å². The first-order valence-electron chi connectivity index (χ1n) is 16.5. The molecule has 5 rings (SSSR count). The second-order valence-corrected chi connectivity index (χ2v) is 16.7. The molecule has 1 aliphatic heterocycles. The van der Waals surface area contributed by atoms with Gasteiger partial charge in [0, 0.05) is 42.4 Å². The summed E-state index contributed by atoms with van der Waals surface area (Å²) >= 11 is 6.10. The number of fused-ring (bicyclic) bond motifs is 1. The van der Waals surface area contributed by atoms with Crippen LogP contribution in [-0.4, -0.2) is 62.0 Å². The third kappa shape index (κ3) is 8.11. The molecule has 1 saturated carbocycles. The van der Waals surface area contributed by atoms with Crippen LogP contribution in [0.3, 0.4) is 0 Å². The maximum absolute atomic E-state index is 14.2. The molecule has 2 aliphatic rings. The maximum atomic E-state index is 14.2. The number of rotatable bonds is 8. The van der Waals surface area contributed by atoms with E-state index in [1.54, 1.807) is 29.2 Å². The fourth-order valence-electron chi connectivity index (χ4n) is 7.05. The van der Waals surface area contributed by atoms with Gasteiger partial charge < -0.3 is 20.0 Å². The van der Waals surface area contributed by atoms with Gasteiger partial charge in [-0.1, -0.05) is 43.0 Å². The number of benzene rings is 2. The molecule has 10 nitrogen and oxygen atoms in total. The number of amides is 3. The average Bonchev–Trinajstić information content (AvgIpc) is 3.04. The van der Waals surface area contributed by atoms with E-state index in [4.69, 9.17) is 16.0 Å². The molecule has 0 bridgehead atoms. The van der Waals surface area contributed by atoms with Crippen molar-refractivity contribution >= 4 is 50.1 Å². The molecule has 1 aliphatic carbocycles. The fraction of sp³-hybridized carbons (Fsp3) is 0.500. The fourth-order valence-corrected chi connectivity index (χ4v) is 7.82. The Morgan fingerprint density at radius 3 is 2.25 bits per heavy atom. The zero-order valence-corrected chi connectivity index (χ0v) is 29.5. The lowest BCUT2D eigenvalue weighted by molar-refractivity contribution is -0.147. The van der Waals surface area contributed by atoms with Crippen LogP contribution < -0.4 is 16.1 Å². The second-order valence-electron chi connectivity index (χ2n) is 14.3. The number of piperidine rings is 1. The molecule has 48 heavy (non-hydrogen) atoms. The molecule has 3 amide bonds. The van der Waals surface area contributed by atoms with Crippen LogP contribution in [0.5, 0.6) is 0 Å². The van der Waals surface area contributed by atoms with Gasteiger partial charge in [-0.2, -0.15) is 0 Å². The Bertz CT molecular complexity index is 1850. The minimum Gasteiger partial charge on any atom is -0.451 e. The summed E-state index contributed by atoms with van der Waals surface area (Å²) in [7, 11) is -3.57. The van der Waals surface area contributed by atoms with Crippen molar-refractivity contribution in [2.45, 2.75) is 88.6 Å². The van der Waals surface area contributed by atoms with Crippen LogP contribution in [-0.2, 0) is 25.8 Å². The van der Waals surface area contributed by atoms with Gasteiger partial charge in [0.1, 0.15) is 11.6 Å². The van der Waals surface area contributed by atoms with Crippen molar-refractivity contribution in [3.63, 3.8) is 0 Å². The van der Waals surface area contributed by atoms with Gasteiger partial charge in [0.15, 0.2) is 21.0 Å². The molecule has 258 valence electrons. The smallest absolute Gasteiger partial charge is 0.287 e. The molecule has 12 heteroatoms. The predicted octanol–water partition coefficient (Wildman–Crippen LogP) is 5.29. The van der Waals surface area contributed by atoms with Crippen molar-refractivity contribution in [3.8, 4) is 0 Å². The van der Waals surface area contributed by atoms with Crippen LogP contribution in [0.4, 0.5) is 0 Å². The summed E-state index contributed by atoms with van der Waals surface area (Å²) < 4.78 is 29.7. The summed E-state index contributed by atoms with van der Waals surface area (Å²) in [5, 5.41) is 6.57. The van der Waals surface area contributed by atoms with Gasteiger partial charge in [0.2, 0.25) is 11.8 Å². The van der Waals surface area contributed by atoms with Crippen LogP contribution in [0.2, 0.25) is 5.02 Å². The summed E-state index contributed by atoms with van der Waals surface area (Å²) in [6, 6.07) is 10.8. The summed E-state index contributed by atoms with van der Waals surface area (Å²) in [6.45, 7) is 6.67. The Kier molecular flexibility index (Phi) is 10.4. The maximum Gasteiger partial charge on any atom is 0.287 e. The highest BCUT2D eigenvalue weighted by atomic mass is 35.5. The highest BCUT2D eigenvalue weighted by Crippen LogP contribution is 2.46. The predicted molar refractivity (Wildman–Crippen MR) is 185 cm³/mol. The van der Waals surface area contributed by atoms with Gasteiger partial charge in [-0.15, -0.1) is 0 Å². The monoisotopic (exact) mass is 697 g/mol.